The lowest BCUT2D eigenvalue weighted by Crippen LogP contribution is -1.98. The number of hydrogen-bond acceptors (Lipinski definition) is 1. The lowest BCUT2D eigenvalue weighted by molar-refractivity contribution is 0.289. The molecule has 0 atom stereocenters. The summed E-state index contributed by atoms with van der Waals surface area (Å²) in [5.41, 5.74) is 1.37. The van der Waals surface area contributed by atoms with Crippen LogP contribution in [0, 0.1) is 24.6 Å². The summed E-state index contributed by atoms with van der Waals surface area (Å²) in [5, 5.41) is 0. The van der Waals surface area contributed by atoms with Crippen LogP contribution < -0.4 is 4.74 Å². The molecule has 0 aliphatic heterocycles. The number of hydrogen-bond donors (Lipinski definition) is 0. The Bertz CT molecular complexity index is 523. The van der Waals surface area contributed by atoms with Gasteiger partial charge in [0.25, 0.3) is 0 Å². The smallest absolute Gasteiger partial charge is 0.173 e. The standard InChI is InChI=1S/C14H11F2O/c1-10-5-6-14(13(16)7-10)17-9-11-3-2-4-12(15)8-11/h2-6,8H,9H2,1H3. The predicted octanol–water partition coefficient (Wildman–Crippen LogP) is 3.65. The monoisotopic (exact) mass is 233 g/mol. The maximum Gasteiger partial charge on any atom is 0.173 e. The van der Waals surface area contributed by atoms with Crippen molar-refractivity contribution < 1.29 is 13.5 Å². The summed E-state index contributed by atoms with van der Waals surface area (Å²) in [4.78, 5) is 0. The van der Waals surface area contributed by atoms with Gasteiger partial charge in [0, 0.05) is 6.07 Å². The molecule has 0 bridgehead atoms. The first-order chi connectivity index (χ1) is 8.15. The van der Waals surface area contributed by atoms with Crippen molar-refractivity contribution in [2.45, 2.75) is 13.5 Å². The fourth-order valence-corrected chi connectivity index (χ4v) is 1.45. The largest absolute Gasteiger partial charge is 0.486 e. The van der Waals surface area contributed by atoms with Crippen LogP contribution in [0.1, 0.15) is 11.1 Å². The maximum atomic E-state index is 13.4. The summed E-state index contributed by atoms with van der Waals surface area (Å²) in [7, 11) is 0. The molecule has 3 heteroatoms. The molecule has 0 amide bonds. The van der Waals surface area contributed by atoms with Crippen LogP contribution in [0.3, 0.4) is 0 Å². The van der Waals surface area contributed by atoms with Crippen LogP contribution in [0.5, 0.6) is 5.75 Å². The lowest BCUT2D eigenvalue weighted by Gasteiger charge is -2.07. The number of ether oxygens (including phenoxy) is 1. The van der Waals surface area contributed by atoms with Gasteiger partial charge in [-0.15, -0.1) is 0 Å². The number of rotatable bonds is 3. The molecule has 0 aliphatic rings. The van der Waals surface area contributed by atoms with Crippen LogP contribution in [0.15, 0.2) is 36.4 Å². The molecule has 0 heterocycles. The van der Waals surface area contributed by atoms with Gasteiger partial charge in [0.2, 0.25) is 0 Å². The summed E-state index contributed by atoms with van der Waals surface area (Å²) in [5.74, 6) is -0.733. The fraction of sp³-hybridized carbons (Fsp3) is 0.143. The minimum atomic E-state index is -0.526. The molecule has 1 radical (unpaired) electrons. The maximum absolute atomic E-state index is 13.4. The van der Waals surface area contributed by atoms with Crippen LogP contribution in [0.2, 0.25) is 0 Å². The van der Waals surface area contributed by atoms with E-state index in [0.717, 1.165) is 0 Å². The molecule has 1 nitrogen and oxygen atoms in total. The van der Waals surface area contributed by atoms with E-state index in [2.05, 4.69) is 6.07 Å². The second kappa shape index (κ2) is 4.95. The third-order valence-electron chi connectivity index (χ3n) is 2.29. The van der Waals surface area contributed by atoms with Crippen molar-refractivity contribution in [2.75, 3.05) is 0 Å². The van der Waals surface area contributed by atoms with E-state index in [1.54, 1.807) is 31.2 Å². The van der Waals surface area contributed by atoms with Gasteiger partial charge in [-0.2, -0.15) is 0 Å². The SMILES string of the molecule is Cc1[c]c(F)c(OCc2cccc(F)c2)cc1. The van der Waals surface area contributed by atoms with Gasteiger partial charge in [0.1, 0.15) is 12.4 Å². The Morgan fingerprint density at radius 1 is 1.18 bits per heavy atom. The van der Waals surface area contributed by atoms with Gasteiger partial charge in [-0.3, -0.25) is 0 Å². The fourth-order valence-electron chi connectivity index (χ4n) is 1.45. The highest BCUT2D eigenvalue weighted by atomic mass is 19.1. The van der Waals surface area contributed by atoms with Crippen molar-refractivity contribution in [2.24, 2.45) is 0 Å². The highest BCUT2D eigenvalue weighted by molar-refractivity contribution is 5.28. The van der Waals surface area contributed by atoms with Crippen molar-refractivity contribution in [3.05, 3.63) is 65.2 Å². The molecule has 0 saturated heterocycles. The van der Waals surface area contributed by atoms with Crippen LogP contribution in [-0.4, -0.2) is 0 Å². The normalized spacial score (nSPS) is 10.3. The molecule has 17 heavy (non-hydrogen) atoms. The van der Waals surface area contributed by atoms with E-state index in [1.807, 2.05) is 0 Å². The van der Waals surface area contributed by atoms with Crippen LogP contribution in [-0.2, 0) is 6.61 Å². The molecule has 2 aromatic carbocycles. The first-order valence-corrected chi connectivity index (χ1v) is 5.21. The van der Waals surface area contributed by atoms with Crippen LogP contribution in [0.25, 0.3) is 0 Å². The van der Waals surface area contributed by atoms with Crippen LogP contribution in [0.4, 0.5) is 8.78 Å². The van der Waals surface area contributed by atoms with Gasteiger partial charge in [0.05, 0.1) is 0 Å². The van der Waals surface area contributed by atoms with E-state index in [9.17, 15) is 8.78 Å². The second-order valence-corrected chi connectivity index (χ2v) is 3.74. The Kier molecular flexibility index (Phi) is 3.38. The molecule has 0 saturated carbocycles. The quantitative estimate of drug-likeness (QED) is 0.786. The number of halogens is 2. The Morgan fingerprint density at radius 3 is 2.71 bits per heavy atom. The summed E-state index contributed by atoms with van der Waals surface area (Å²) in [6.07, 6.45) is 0. The minimum Gasteiger partial charge on any atom is -0.486 e. The minimum absolute atomic E-state index is 0.125. The molecule has 0 fully saturated rings. The first-order valence-electron chi connectivity index (χ1n) is 5.21. The molecule has 87 valence electrons. The van der Waals surface area contributed by atoms with Crippen molar-refractivity contribution in [3.63, 3.8) is 0 Å². The summed E-state index contributed by atoms with van der Waals surface area (Å²) >= 11 is 0. The molecular weight excluding hydrogens is 222 g/mol. The molecule has 0 aromatic heterocycles. The number of aryl methyl sites for hydroxylation is 1. The van der Waals surface area contributed by atoms with E-state index in [4.69, 9.17) is 4.74 Å². The van der Waals surface area contributed by atoms with Gasteiger partial charge >= 0.3 is 0 Å². The molecule has 0 unspecified atom stereocenters. The average Bonchev–Trinajstić information content (AvgIpc) is 2.28. The van der Waals surface area contributed by atoms with E-state index >= 15 is 0 Å². The zero-order chi connectivity index (χ0) is 12.3. The molecule has 0 spiro atoms. The summed E-state index contributed by atoms with van der Waals surface area (Å²) in [6, 6.07) is 11.8. The second-order valence-electron chi connectivity index (χ2n) is 3.74. The highest BCUT2D eigenvalue weighted by Gasteiger charge is 2.04. The average molecular weight is 233 g/mol. The Hall–Kier alpha value is -1.90. The summed E-state index contributed by atoms with van der Waals surface area (Å²) in [6.45, 7) is 1.88. The predicted molar refractivity (Wildman–Crippen MR) is 60.7 cm³/mol. The lowest BCUT2D eigenvalue weighted by atomic mass is 10.2. The third-order valence-corrected chi connectivity index (χ3v) is 2.29. The third kappa shape index (κ3) is 3.03. The van der Waals surface area contributed by atoms with E-state index in [0.29, 0.717) is 11.1 Å². The topological polar surface area (TPSA) is 9.23 Å². The van der Waals surface area contributed by atoms with Crippen LogP contribution >= 0.6 is 0 Å². The van der Waals surface area contributed by atoms with Gasteiger partial charge in [-0.05, 0) is 36.2 Å². The van der Waals surface area contributed by atoms with Crippen molar-refractivity contribution in [1.29, 1.82) is 0 Å². The Balaban J connectivity index is 2.07. The van der Waals surface area contributed by atoms with E-state index in [-0.39, 0.29) is 18.2 Å². The zero-order valence-electron chi connectivity index (χ0n) is 9.34. The van der Waals surface area contributed by atoms with Gasteiger partial charge in [0.15, 0.2) is 11.6 Å². The molecule has 2 rings (SSSR count). The Labute approximate surface area is 98.7 Å². The molecule has 2 aromatic rings. The Morgan fingerprint density at radius 2 is 2.00 bits per heavy atom. The van der Waals surface area contributed by atoms with Gasteiger partial charge in [-0.25, -0.2) is 8.78 Å². The molecule has 0 N–H and O–H groups in total. The van der Waals surface area contributed by atoms with E-state index in [1.165, 1.54) is 12.1 Å². The van der Waals surface area contributed by atoms with Gasteiger partial charge in [-0.1, -0.05) is 18.2 Å². The van der Waals surface area contributed by atoms with Crippen molar-refractivity contribution in [3.8, 4) is 5.75 Å². The summed E-state index contributed by atoms with van der Waals surface area (Å²) < 4.78 is 31.5. The van der Waals surface area contributed by atoms with Crippen molar-refractivity contribution in [1.82, 2.24) is 0 Å². The van der Waals surface area contributed by atoms with E-state index < -0.39 is 5.82 Å². The van der Waals surface area contributed by atoms with Crippen molar-refractivity contribution >= 4 is 0 Å². The zero-order valence-corrected chi connectivity index (χ0v) is 9.34. The molecule has 0 aliphatic carbocycles. The first kappa shape index (κ1) is 11.6. The number of benzene rings is 2. The molecular formula is C14H11F2O. The van der Waals surface area contributed by atoms with Gasteiger partial charge < -0.3 is 4.74 Å². The highest BCUT2D eigenvalue weighted by Crippen LogP contribution is 2.18.